The van der Waals surface area contributed by atoms with Crippen LogP contribution in [0.3, 0.4) is 0 Å². The number of nitriles is 1. The lowest BCUT2D eigenvalue weighted by Crippen LogP contribution is -1.99. The first-order valence-corrected chi connectivity index (χ1v) is 5.79. The van der Waals surface area contributed by atoms with E-state index in [1.54, 1.807) is 43.4 Å². The Labute approximate surface area is 115 Å². The number of hydrogen-bond donors (Lipinski definition) is 1. The van der Waals surface area contributed by atoms with Crippen LogP contribution in [0.25, 0.3) is 0 Å². The molecule has 0 heterocycles. The maximum absolute atomic E-state index is 11.1. The number of ether oxygens (including phenoxy) is 1. The Bertz CT molecular complexity index is 675. The van der Waals surface area contributed by atoms with Gasteiger partial charge in [-0.2, -0.15) is 5.26 Å². The van der Waals surface area contributed by atoms with Gasteiger partial charge in [-0.15, -0.1) is 0 Å². The van der Waals surface area contributed by atoms with E-state index in [0.29, 0.717) is 17.0 Å². The van der Waals surface area contributed by atoms with Crippen molar-refractivity contribution in [1.82, 2.24) is 0 Å². The number of nitrogens with one attached hydrogen (secondary N) is 1. The van der Waals surface area contributed by atoms with E-state index < -0.39 is 4.92 Å². The minimum absolute atomic E-state index is 0.126. The molecule has 0 fully saturated rings. The van der Waals surface area contributed by atoms with E-state index in [-0.39, 0.29) is 11.4 Å². The Kier molecular flexibility index (Phi) is 3.82. The number of nitro benzene ring substituents is 1. The molecule has 0 amide bonds. The number of hydrogen-bond acceptors (Lipinski definition) is 5. The molecule has 2 rings (SSSR count). The van der Waals surface area contributed by atoms with Crippen molar-refractivity contribution < 1.29 is 9.66 Å². The van der Waals surface area contributed by atoms with Crippen molar-refractivity contribution >= 4 is 11.4 Å². The second-order valence-corrected chi connectivity index (χ2v) is 3.90. The highest BCUT2D eigenvalue weighted by Crippen LogP contribution is 2.37. The lowest BCUT2D eigenvalue weighted by Gasteiger charge is -2.09. The fourth-order valence-electron chi connectivity index (χ4n) is 1.72. The molecule has 0 atom stereocenters. The van der Waals surface area contributed by atoms with Crippen LogP contribution in [0.5, 0.6) is 11.5 Å². The van der Waals surface area contributed by atoms with Crippen LogP contribution in [0.4, 0.5) is 11.4 Å². The zero-order valence-electron chi connectivity index (χ0n) is 10.7. The summed E-state index contributed by atoms with van der Waals surface area (Å²) < 4.78 is 5.52. The summed E-state index contributed by atoms with van der Waals surface area (Å²) in [5, 5.41) is 22.6. The van der Waals surface area contributed by atoms with Gasteiger partial charge in [0.15, 0.2) is 0 Å². The van der Waals surface area contributed by atoms with Crippen molar-refractivity contribution in [2.24, 2.45) is 0 Å². The standard InChI is InChI=1S/C14H11N3O3/c1-16-12-3-2-4-13(14(12)17(18)19)20-11-7-5-10(9-15)6-8-11/h2-8,16H,1H3. The molecule has 20 heavy (non-hydrogen) atoms. The predicted octanol–water partition coefficient (Wildman–Crippen LogP) is 3.30. The first-order chi connectivity index (χ1) is 9.65. The lowest BCUT2D eigenvalue weighted by atomic mass is 10.2. The molecule has 0 spiro atoms. The third-order valence-corrected chi connectivity index (χ3v) is 2.66. The summed E-state index contributed by atoms with van der Waals surface area (Å²) >= 11 is 0. The largest absolute Gasteiger partial charge is 0.450 e. The molecule has 6 nitrogen and oxygen atoms in total. The molecule has 0 saturated heterocycles. The number of rotatable bonds is 4. The molecule has 6 heteroatoms. The van der Waals surface area contributed by atoms with Gasteiger partial charge in [0.1, 0.15) is 11.4 Å². The lowest BCUT2D eigenvalue weighted by molar-refractivity contribution is -0.384. The van der Waals surface area contributed by atoms with Crippen LogP contribution in [0, 0.1) is 21.4 Å². The fourth-order valence-corrected chi connectivity index (χ4v) is 1.72. The number of nitrogens with zero attached hydrogens (tertiary/aromatic N) is 2. The highest BCUT2D eigenvalue weighted by Gasteiger charge is 2.20. The SMILES string of the molecule is CNc1cccc(Oc2ccc(C#N)cc2)c1[N+](=O)[O-]. The molecule has 0 aliphatic rings. The zero-order chi connectivity index (χ0) is 14.5. The van der Waals surface area contributed by atoms with Crippen LogP contribution in [-0.4, -0.2) is 12.0 Å². The van der Waals surface area contributed by atoms with Crippen LogP contribution >= 0.6 is 0 Å². The predicted molar refractivity (Wildman–Crippen MR) is 73.9 cm³/mol. The van der Waals surface area contributed by atoms with Crippen molar-refractivity contribution in [1.29, 1.82) is 5.26 Å². The van der Waals surface area contributed by atoms with E-state index in [1.807, 2.05) is 6.07 Å². The quantitative estimate of drug-likeness (QED) is 0.679. The summed E-state index contributed by atoms with van der Waals surface area (Å²) in [5.41, 5.74) is 0.747. The molecular formula is C14H11N3O3. The Hall–Kier alpha value is -3.07. The van der Waals surface area contributed by atoms with Gasteiger partial charge < -0.3 is 10.1 Å². The summed E-state index contributed by atoms with van der Waals surface area (Å²) in [5.74, 6) is 0.576. The highest BCUT2D eigenvalue weighted by atomic mass is 16.6. The normalized spacial score (nSPS) is 9.60. The maximum Gasteiger partial charge on any atom is 0.334 e. The Morgan fingerprint density at radius 1 is 1.25 bits per heavy atom. The molecule has 2 aromatic carbocycles. The molecule has 0 aliphatic carbocycles. The zero-order valence-corrected chi connectivity index (χ0v) is 10.7. The maximum atomic E-state index is 11.1. The molecule has 0 radical (unpaired) electrons. The van der Waals surface area contributed by atoms with Crippen LogP contribution in [-0.2, 0) is 0 Å². The molecule has 0 aromatic heterocycles. The number of benzene rings is 2. The Morgan fingerprint density at radius 2 is 1.95 bits per heavy atom. The number of nitro groups is 1. The van der Waals surface area contributed by atoms with E-state index in [1.165, 1.54) is 6.07 Å². The Morgan fingerprint density at radius 3 is 2.50 bits per heavy atom. The molecule has 0 saturated carbocycles. The van der Waals surface area contributed by atoms with Gasteiger partial charge in [-0.25, -0.2) is 0 Å². The van der Waals surface area contributed by atoms with Crippen LogP contribution < -0.4 is 10.1 Å². The highest BCUT2D eigenvalue weighted by molar-refractivity contribution is 5.68. The first-order valence-electron chi connectivity index (χ1n) is 5.79. The second kappa shape index (κ2) is 5.71. The summed E-state index contributed by atoms with van der Waals surface area (Å²) in [6.45, 7) is 0. The van der Waals surface area contributed by atoms with E-state index in [0.717, 1.165) is 0 Å². The van der Waals surface area contributed by atoms with Crippen LogP contribution in [0.1, 0.15) is 5.56 Å². The first kappa shape index (κ1) is 13.4. The molecule has 2 aromatic rings. The third kappa shape index (κ3) is 2.67. The van der Waals surface area contributed by atoms with Crippen molar-refractivity contribution in [3.05, 3.63) is 58.1 Å². The monoisotopic (exact) mass is 269 g/mol. The van der Waals surface area contributed by atoms with Crippen LogP contribution in [0.15, 0.2) is 42.5 Å². The topological polar surface area (TPSA) is 88.2 Å². The van der Waals surface area contributed by atoms with Crippen molar-refractivity contribution in [2.75, 3.05) is 12.4 Å². The number of anilines is 1. The van der Waals surface area contributed by atoms with Gasteiger partial charge >= 0.3 is 5.69 Å². The minimum atomic E-state index is -0.495. The van der Waals surface area contributed by atoms with Gasteiger partial charge in [0.25, 0.3) is 0 Å². The number of para-hydroxylation sites is 1. The third-order valence-electron chi connectivity index (χ3n) is 2.66. The van der Waals surface area contributed by atoms with Gasteiger partial charge in [0.05, 0.1) is 16.6 Å². The van der Waals surface area contributed by atoms with E-state index >= 15 is 0 Å². The van der Waals surface area contributed by atoms with Gasteiger partial charge in [-0.1, -0.05) is 6.07 Å². The average Bonchev–Trinajstić information content (AvgIpc) is 2.47. The van der Waals surface area contributed by atoms with E-state index in [9.17, 15) is 10.1 Å². The van der Waals surface area contributed by atoms with Crippen molar-refractivity contribution in [3.63, 3.8) is 0 Å². The van der Waals surface area contributed by atoms with Gasteiger partial charge in [-0.05, 0) is 36.4 Å². The van der Waals surface area contributed by atoms with E-state index in [4.69, 9.17) is 10.00 Å². The Balaban J connectivity index is 2.37. The summed E-state index contributed by atoms with van der Waals surface area (Å²) in [6.07, 6.45) is 0. The summed E-state index contributed by atoms with van der Waals surface area (Å²) in [6, 6.07) is 13.1. The smallest absolute Gasteiger partial charge is 0.334 e. The molecule has 0 bridgehead atoms. The van der Waals surface area contributed by atoms with Gasteiger partial charge in [0, 0.05) is 7.05 Å². The average molecular weight is 269 g/mol. The molecular weight excluding hydrogens is 258 g/mol. The van der Waals surface area contributed by atoms with Crippen molar-refractivity contribution in [3.8, 4) is 17.6 Å². The fraction of sp³-hybridized carbons (Fsp3) is 0.0714. The molecule has 100 valence electrons. The van der Waals surface area contributed by atoms with E-state index in [2.05, 4.69) is 5.32 Å². The van der Waals surface area contributed by atoms with Crippen LogP contribution in [0.2, 0.25) is 0 Å². The molecule has 0 aliphatic heterocycles. The summed E-state index contributed by atoms with van der Waals surface area (Å²) in [7, 11) is 1.60. The van der Waals surface area contributed by atoms with Crippen molar-refractivity contribution in [2.45, 2.75) is 0 Å². The molecule has 1 N–H and O–H groups in total. The van der Waals surface area contributed by atoms with Gasteiger partial charge in [-0.3, -0.25) is 10.1 Å². The molecule has 0 unspecified atom stereocenters. The second-order valence-electron chi connectivity index (χ2n) is 3.90. The van der Waals surface area contributed by atoms with Gasteiger partial charge in [0.2, 0.25) is 5.75 Å². The minimum Gasteiger partial charge on any atom is -0.450 e. The summed E-state index contributed by atoms with van der Waals surface area (Å²) in [4.78, 5) is 10.6.